The van der Waals surface area contributed by atoms with Crippen LogP contribution in [0.2, 0.25) is 0 Å². The van der Waals surface area contributed by atoms with Gasteiger partial charge in [0.1, 0.15) is 5.69 Å². The van der Waals surface area contributed by atoms with E-state index >= 15 is 0 Å². The first-order chi connectivity index (χ1) is 13.0. The molecule has 0 aliphatic carbocycles. The Morgan fingerprint density at radius 1 is 1.29 bits per heavy atom. The van der Waals surface area contributed by atoms with Gasteiger partial charge in [0.15, 0.2) is 17.5 Å². The molecule has 0 amide bonds. The first-order valence-corrected chi connectivity index (χ1v) is 8.92. The summed E-state index contributed by atoms with van der Waals surface area (Å²) in [6.07, 6.45) is -0.248. The number of aryl methyl sites for hydroxylation is 1. The molecule has 154 valence electrons. The van der Waals surface area contributed by atoms with Gasteiger partial charge in [-0.25, -0.2) is 13.5 Å². The number of hydrogen-bond donors (Lipinski definition) is 2. The molecule has 3 N–H and O–H groups in total. The second-order valence-corrected chi connectivity index (χ2v) is 8.04. The van der Waals surface area contributed by atoms with E-state index in [0.717, 1.165) is 0 Å². The van der Waals surface area contributed by atoms with Crippen LogP contribution < -0.4 is 20.7 Å². The maximum Gasteiger partial charge on any atom is 0.320 e. The summed E-state index contributed by atoms with van der Waals surface area (Å²) in [7, 11) is 1.70. The van der Waals surface area contributed by atoms with Crippen LogP contribution in [0.3, 0.4) is 0 Å². The fraction of sp³-hybridized carbons (Fsp3) is 0.688. The summed E-state index contributed by atoms with van der Waals surface area (Å²) in [5.41, 5.74) is 6.25. The van der Waals surface area contributed by atoms with Gasteiger partial charge in [-0.15, -0.1) is 5.10 Å². The Balaban J connectivity index is 1.88. The molecule has 0 radical (unpaired) electrons. The molecule has 0 atom stereocenters. The average Bonchev–Trinajstić information content (AvgIpc) is 3.17. The van der Waals surface area contributed by atoms with Crippen molar-refractivity contribution in [3.63, 3.8) is 0 Å². The summed E-state index contributed by atoms with van der Waals surface area (Å²) in [6, 6.07) is 0.0768. The van der Waals surface area contributed by atoms with E-state index in [1.807, 2.05) is 20.8 Å². The van der Waals surface area contributed by atoms with Crippen molar-refractivity contribution in [1.29, 1.82) is 0 Å². The number of alkyl halides is 2. The van der Waals surface area contributed by atoms with Gasteiger partial charge in [-0.1, -0.05) is 20.8 Å². The molecule has 2 aromatic heterocycles. The largest absolute Gasteiger partial charge is 0.463 e. The number of tetrazole rings is 1. The van der Waals surface area contributed by atoms with E-state index in [0.29, 0.717) is 12.4 Å². The van der Waals surface area contributed by atoms with E-state index in [-0.39, 0.29) is 48.3 Å². The fourth-order valence-electron chi connectivity index (χ4n) is 2.64. The molecular weight excluding hydrogens is 372 g/mol. The van der Waals surface area contributed by atoms with Crippen LogP contribution in [-0.2, 0) is 13.6 Å². The number of nitrogens with zero attached hydrogens (tertiary/aromatic N) is 7. The Labute approximate surface area is 161 Å². The third kappa shape index (κ3) is 4.73. The van der Waals surface area contributed by atoms with Crippen LogP contribution in [0.15, 0.2) is 0 Å². The molecule has 0 saturated carbocycles. The summed E-state index contributed by atoms with van der Waals surface area (Å²) in [6.45, 7) is 6.34. The van der Waals surface area contributed by atoms with Crippen LogP contribution in [0.4, 0.5) is 26.1 Å². The van der Waals surface area contributed by atoms with Gasteiger partial charge in [-0.2, -0.15) is 9.97 Å². The van der Waals surface area contributed by atoms with Crippen molar-refractivity contribution in [2.45, 2.75) is 39.7 Å². The molecule has 0 spiro atoms. The van der Waals surface area contributed by atoms with E-state index in [1.54, 1.807) is 7.05 Å². The Bertz CT molecular complexity index is 834. The van der Waals surface area contributed by atoms with E-state index in [9.17, 15) is 8.78 Å². The number of anilines is 3. The fourth-order valence-corrected chi connectivity index (χ4v) is 2.64. The molecule has 28 heavy (non-hydrogen) atoms. The molecule has 0 bridgehead atoms. The van der Waals surface area contributed by atoms with Crippen LogP contribution in [0, 0.1) is 5.41 Å². The predicted molar refractivity (Wildman–Crippen MR) is 99.3 cm³/mol. The molecular formula is C16H25F2N9O. The molecule has 1 aliphatic heterocycles. The number of aromatic nitrogens is 6. The molecule has 3 rings (SSSR count). The number of nitrogen functional groups attached to an aromatic ring is 1. The Morgan fingerprint density at radius 2 is 2.04 bits per heavy atom. The number of nitrogens with one attached hydrogen (secondary N) is 1. The molecule has 2 aromatic rings. The topological polar surface area (TPSA) is 120 Å². The van der Waals surface area contributed by atoms with Crippen molar-refractivity contribution in [3.05, 3.63) is 5.82 Å². The highest BCUT2D eigenvalue weighted by Crippen LogP contribution is 2.36. The zero-order valence-corrected chi connectivity index (χ0v) is 16.4. The lowest BCUT2D eigenvalue weighted by atomic mass is 9.99. The van der Waals surface area contributed by atoms with E-state index < -0.39 is 12.5 Å². The van der Waals surface area contributed by atoms with Gasteiger partial charge in [0.25, 0.3) is 5.92 Å². The van der Waals surface area contributed by atoms with Crippen LogP contribution in [0.1, 0.15) is 33.0 Å². The number of ether oxygens (including phenoxy) is 1. The van der Waals surface area contributed by atoms with Crippen molar-refractivity contribution in [2.24, 2.45) is 12.5 Å². The quantitative estimate of drug-likeness (QED) is 0.746. The highest BCUT2D eigenvalue weighted by molar-refractivity contribution is 5.76. The second kappa shape index (κ2) is 7.32. The molecule has 1 saturated heterocycles. The summed E-state index contributed by atoms with van der Waals surface area (Å²) in [5, 5.41) is 14.3. The third-order valence-electron chi connectivity index (χ3n) is 4.13. The van der Waals surface area contributed by atoms with Crippen molar-refractivity contribution in [1.82, 2.24) is 30.2 Å². The maximum absolute atomic E-state index is 13.7. The van der Waals surface area contributed by atoms with Gasteiger partial charge >= 0.3 is 6.01 Å². The van der Waals surface area contributed by atoms with Crippen molar-refractivity contribution in [2.75, 3.05) is 35.6 Å². The lowest BCUT2D eigenvalue weighted by Gasteiger charge is -2.23. The second-order valence-electron chi connectivity index (χ2n) is 8.04. The normalized spacial score (nSPS) is 16.4. The van der Waals surface area contributed by atoms with Crippen molar-refractivity contribution < 1.29 is 13.5 Å². The highest BCUT2D eigenvalue weighted by Gasteiger charge is 2.40. The van der Waals surface area contributed by atoms with Gasteiger partial charge in [0.2, 0.25) is 0 Å². The van der Waals surface area contributed by atoms with Gasteiger partial charge < -0.3 is 20.7 Å². The summed E-state index contributed by atoms with van der Waals surface area (Å²) >= 11 is 0. The van der Waals surface area contributed by atoms with E-state index in [4.69, 9.17) is 10.5 Å². The number of hydrogen-bond acceptors (Lipinski definition) is 9. The Kier molecular flexibility index (Phi) is 5.22. The Morgan fingerprint density at radius 3 is 2.61 bits per heavy atom. The van der Waals surface area contributed by atoms with Gasteiger partial charge in [-0.05, 0) is 15.8 Å². The highest BCUT2D eigenvalue weighted by atomic mass is 19.3. The van der Waals surface area contributed by atoms with Crippen LogP contribution in [0.5, 0.6) is 6.01 Å². The molecule has 1 fully saturated rings. The van der Waals surface area contributed by atoms with E-state index in [1.165, 1.54) is 9.58 Å². The number of nitrogens with two attached hydrogens (primary N) is 1. The lowest BCUT2D eigenvalue weighted by Crippen LogP contribution is -2.27. The van der Waals surface area contributed by atoms with Crippen molar-refractivity contribution in [3.8, 4) is 6.01 Å². The summed E-state index contributed by atoms with van der Waals surface area (Å²) in [4.78, 5) is 10.1. The monoisotopic (exact) mass is 397 g/mol. The molecule has 12 heteroatoms. The smallest absolute Gasteiger partial charge is 0.320 e. The van der Waals surface area contributed by atoms with Gasteiger partial charge in [-0.3, -0.25) is 0 Å². The molecule has 0 unspecified atom stereocenters. The van der Waals surface area contributed by atoms with Crippen LogP contribution in [0.25, 0.3) is 0 Å². The summed E-state index contributed by atoms with van der Waals surface area (Å²) < 4.78 is 34.6. The zero-order chi connectivity index (χ0) is 20.5. The van der Waals surface area contributed by atoms with Gasteiger partial charge in [0, 0.05) is 20.0 Å². The van der Waals surface area contributed by atoms with Crippen LogP contribution in [-0.4, -0.2) is 55.8 Å². The summed E-state index contributed by atoms with van der Waals surface area (Å²) in [5.74, 6) is -1.70. The Hall–Kier alpha value is -2.79. The molecule has 3 heterocycles. The first kappa shape index (κ1) is 20.0. The average molecular weight is 397 g/mol. The third-order valence-corrected chi connectivity index (χ3v) is 4.13. The molecule has 1 aliphatic rings. The first-order valence-electron chi connectivity index (χ1n) is 8.92. The molecule has 10 nitrogen and oxygen atoms in total. The number of halogens is 2. The number of rotatable bonds is 6. The zero-order valence-electron chi connectivity index (χ0n) is 16.4. The van der Waals surface area contributed by atoms with E-state index in [2.05, 4.69) is 30.8 Å². The lowest BCUT2D eigenvalue weighted by molar-refractivity contribution is 0.0256. The molecule has 0 aromatic carbocycles. The minimum Gasteiger partial charge on any atom is -0.463 e. The minimum absolute atomic E-state index is 0.0768. The van der Waals surface area contributed by atoms with Crippen LogP contribution >= 0.6 is 0 Å². The maximum atomic E-state index is 13.7. The minimum atomic E-state index is -2.78. The standard InChI is InChI=1S/C16H25F2N9O/c1-15(2,3)9-28-14-21-12(20-7-10-23-24-25-26(10)4)11(19)13(22-14)27-6-5-16(17,18)8-27/h5-9,19H2,1-4H3,(H,20,21,22). The van der Waals surface area contributed by atoms with Crippen molar-refractivity contribution >= 4 is 17.3 Å². The predicted octanol–water partition coefficient (Wildman–Crippen LogP) is 1.46. The van der Waals surface area contributed by atoms with Gasteiger partial charge in [0.05, 0.1) is 19.7 Å². The SMILES string of the molecule is Cn1nnnc1CNc1nc(OCC(C)(C)C)nc(N2CCC(F)(F)C2)c1N.